The van der Waals surface area contributed by atoms with Crippen LogP contribution in [0.4, 0.5) is 0 Å². The van der Waals surface area contributed by atoms with Gasteiger partial charge >= 0.3 is 17.1 Å². The molecule has 1 N–H and O–H groups in total. The van der Waals surface area contributed by atoms with Gasteiger partial charge in [-0.15, -0.1) is 17.6 Å². The monoisotopic (exact) mass is 302 g/mol. The number of aromatic hydroxyl groups is 1. The number of hydrogen-bond donors (Lipinski definition) is 1. The molecule has 2 heteroatoms. The van der Waals surface area contributed by atoms with E-state index in [1.807, 2.05) is 60.7 Å². The number of hydrogen-bond acceptors (Lipinski definition) is 1. The predicted molar refractivity (Wildman–Crippen MR) is 78.2 cm³/mol. The van der Waals surface area contributed by atoms with Crippen molar-refractivity contribution >= 4 is 0 Å². The Morgan fingerprint density at radius 3 is 2.20 bits per heavy atom. The summed E-state index contributed by atoms with van der Waals surface area (Å²) < 4.78 is 0. The van der Waals surface area contributed by atoms with E-state index < -0.39 is 0 Å². The van der Waals surface area contributed by atoms with E-state index in [4.69, 9.17) is 0 Å². The summed E-state index contributed by atoms with van der Waals surface area (Å²) in [6.07, 6.45) is 0. The van der Waals surface area contributed by atoms with E-state index in [0.29, 0.717) is 0 Å². The molecule has 0 atom stereocenters. The Hall–Kier alpha value is -2.20. The van der Waals surface area contributed by atoms with Gasteiger partial charge in [0.05, 0.1) is 0 Å². The molecule has 0 saturated carbocycles. The van der Waals surface area contributed by atoms with E-state index in [1.54, 1.807) is 18.2 Å². The van der Waals surface area contributed by atoms with Crippen LogP contribution >= 0.6 is 0 Å². The molecular formula is C18H14FeO. The van der Waals surface area contributed by atoms with Crippen molar-refractivity contribution in [2.24, 2.45) is 0 Å². The SMILES string of the molecule is Oc1cccc(C#Cc2ccc[cH-]2)c1.[Fe+2].c1cc[cH-]c1. The van der Waals surface area contributed by atoms with Crippen LogP contribution in [-0.4, -0.2) is 5.11 Å². The second-order valence-corrected chi connectivity index (χ2v) is 3.94. The minimum atomic E-state index is 0. The van der Waals surface area contributed by atoms with Crippen LogP contribution in [0.5, 0.6) is 5.75 Å². The van der Waals surface area contributed by atoms with Gasteiger partial charge in [-0.05, 0) is 18.2 Å². The molecule has 0 aliphatic heterocycles. The van der Waals surface area contributed by atoms with Crippen LogP contribution < -0.4 is 0 Å². The van der Waals surface area contributed by atoms with Crippen molar-refractivity contribution in [2.75, 3.05) is 0 Å². The van der Waals surface area contributed by atoms with Gasteiger partial charge in [0.15, 0.2) is 0 Å². The van der Waals surface area contributed by atoms with Crippen LogP contribution in [-0.2, 0) is 17.1 Å². The van der Waals surface area contributed by atoms with Crippen LogP contribution in [0, 0.1) is 11.8 Å². The third kappa shape index (κ3) is 5.63. The second-order valence-electron chi connectivity index (χ2n) is 3.94. The fourth-order valence-corrected chi connectivity index (χ4v) is 1.51. The number of phenols is 1. The molecule has 0 saturated heterocycles. The van der Waals surface area contributed by atoms with Crippen LogP contribution in [0.3, 0.4) is 0 Å². The van der Waals surface area contributed by atoms with Crippen LogP contribution in [0.2, 0.25) is 0 Å². The van der Waals surface area contributed by atoms with Gasteiger partial charge < -0.3 is 5.11 Å². The quantitative estimate of drug-likeness (QED) is 0.379. The maximum absolute atomic E-state index is 9.20. The van der Waals surface area contributed by atoms with Crippen molar-refractivity contribution in [3.8, 4) is 17.6 Å². The molecule has 0 radical (unpaired) electrons. The van der Waals surface area contributed by atoms with E-state index in [9.17, 15) is 5.11 Å². The third-order valence-corrected chi connectivity index (χ3v) is 2.42. The molecule has 0 aliphatic rings. The summed E-state index contributed by atoms with van der Waals surface area (Å²) in [5, 5.41) is 9.20. The first-order valence-electron chi connectivity index (χ1n) is 6.04. The van der Waals surface area contributed by atoms with Crippen molar-refractivity contribution in [3.05, 3.63) is 90.0 Å². The van der Waals surface area contributed by atoms with Gasteiger partial charge in [0.2, 0.25) is 0 Å². The number of benzene rings is 1. The summed E-state index contributed by atoms with van der Waals surface area (Å²) in [4.78, 5) is 0. The summed E-state index contributed by atoms with van der Waals surface area (Å²) in [6, 6.07) is 24.7. The Labute approximate surface area is 130 Å². The van der Waals surface area contributed by atoms with Crippen LogP contribution in [0.25, 0.3) is 0 Å². The minimum absolute atomic E-state index is 0. The molecule has 0 spiro atoms. The van der Waals surface area contributed by atoms with Crippen molar-refractivity contribution in [3.63, 3.8) is 0 Å². The van der Waals surface area contributed by atoms with E-state index in [1.165, 1.54) is 0 Å². The summed E-state index contributed by atoms with van der Waals surface area (Å²) in [6.45, 7) is 0. The molecule has 0 amide bonds. The van der Waals surface area contributed by atoms with Crippen LogP contribution in [0.1, 0.15) is 11.1 Å². The molecule has 0 aliphatic carbocycles. The predicted octanol–water partition coefficient (Wildman–Crippen LogP) is 3.91. The minimum Gasteiger partial charge on any atom is -0.508 e. The molecule has 100 valence electrons. The molecule has 1 nitrogen and oxygen atoms in total. The first kappa shape index (κ1) is 15.9. The van der Waals surface area contributed by atoms with Gasteiger partial charge in [-0.2, -0.15) is 42.3 Å². The average molecular weight is 302 g/mol. The Balaban J connectivity index is 0.000000283. The normalized spacial score (nSPS) is 8.40. The molecule has 0 aromatic heterocycles. The Morgan fingerprint density at radius 1 is 0.850 bits per heavy atom. The van der Waals surface area contributed by atoms with Gasteiger partial charge in [-0.25, -0.2) is 12.1 Å². The summed E-state index contributed by atoms with van der Waals surface area (Å²) in [7, 11) is 0. The molecular weight excluding hydrogens is 288 g/mol. The number of rotatable bonds is 0. The fourth-order valence-electron chi connectivity index (χ4n) is 1.51. The van der Waals surface area contributed by atoms with Gasteiger partial charge in [0.25, 0.3) is 0 Å². The van der Waals surface area contributed by atoms with E-state index in [-0.39, 0.29) is 22.8 Å². The Bertz CT molecular complexity index is 623. The van der Waals surface area contributed by atoms with Gasteiger partial charge in [-0.3, -0.25) is 0 Å². The number of phenolic OH excluding ortho intramolecular Hbond substituents is 1. The molecule has 0 unspecified atom stereocenters. The fraction of sp³-hybridized carbons (Fsp3) is 0. The third-order valence-electron chi connectivity index (χ3n) is 2.42. The van der Waals surface area contributed by atoms with Gasteiger partial charge in [0.1, 0.15) is 5.75 Å². The zero-order valence-electron chi connectivity index (χ0n) is 10.8. The first-order valence-corrected chi connectivity index (χ1v) is 6.04. The topological polar surface area (TPSA) is 20.2 Å². The van der Waals surface area contributed by atoms with Gasteiger partial charge in [-0.1, -0.05) is 6.07 Å². The van der Waals surface area contributed by atoms with E-state index >= 15 is 0 Å². The summed E-state index contributed by atoms with van der Waals surface area (Å²) in [5.74, 6) is 6.23. The first-order chi connectivity index (χ1) is 9.34. The summed E-state index contributed by atoms with van der Waals surface area (Å²) in [5.41, 5.74) is 1.82. The molecule has 0 fully saturated rings. The Kier molecular flexibility index (Phi) is 7.00. The van der Waals surface area contributed by atoms with Crippen molar-refractivity contribution in [2.45, 2.75) is 0 Å². The molecule has 20 heavy (non-hydrogen) atoms. The van der Waals surface area contributed by atoms with Crippen LogP contribution in [0.15, 0.2) is 78.9 Å². The molecule has 0 bridgehead atoms. The van der Waals surface area contributed by atoms with Crippen molar-refractivity contribution < 1.29 is 22.2 Å². The standard InChI is InChI=1S/C13H9O.C5H5.Fe/c14-13-7-3-6-12(10-13)9-8-11-4-1-2-5-11;1-2-4-5-3-1;/h1-7,10,14H;1-5H;/q2*-1;+2. The zero-order chi connectivity index (χ0) is 13.3. The summed E-state index contributed by atoms with van der Waals surface area (Å²) >= 11 is 0. The van der Waals surface area contributed by atoms with E-state index in [0.717, 1.165) is 11.1 Å². The smallest absolute Gasteiger partial charge is 0.508 e. The molecule has 3 rings (SSSR count). The molecule has 3 aromatic carbocycles. The van der Waals surface area contributed by atoms with Gasteiger partial charge in [0, 0.05) is 5.56 Å². The largest absolute Gasteiger partial charge is 2.00 e. The van der Waals surface area contributed by atoms with E-state index in [2.05, 4.69) is 11.8 Å². The maximum Gasteiger partial charge on any atom is 2.00 e. The second kappa shape index (κ2) is 8.82. The maximum atomic E-state index is 9.20. The van der Waals surface area contributed by atoms with Crippen molar-refractivity contribution in [1.82, 2.24) is 0 Å². The zero-order valence-corrected chi connectivity index (χ0v) is 11.9. The molecule has 3 aromatic rings. The van der Waals surface area contributed by atoms with Crippen molar-refractivity contribution in [1.29, 1.82) is 0 Å². The molecule has 0 heterocycles. The Morgan fingerprint density at radius 2 is 1.65 bits per heavy atom. The average Bonchev–Trinajstić information content (AvgIpc) is 3.12.